The number of rotatable bonds is 3. The summed E-state index contributed by atoms with van der Waals surface area (Å²) in [6.45, 7) is 2.57. The Kier molecular flexibility index (Phi) is 3.05. The molecule has 2 heterocycles. The van der Waals surface area contributed by atoms with Gasteiger partial charge >= 0.3 is 0 Å². The number of nitrogens with zero attached hydrogens (tertiary/aromatic N) is 2. The topological polar surface area (TPSA) is 49.0 Å². The molecule has 0 fully saturated rings. The van der Waals surface area contributed by atoms with Crippen LogP contribution in [0.15, 0.2) is 24.5 Å². The normalized spacial score (nSPS) is 10.4. The van der Waals surface area contributed by atoms with Crippen LogP contribution in [0.1, 0.15) is 20.1 Å². The third kappa shape index (κ3) is 2.30. The van der Waals surface area contributed by atoms with E-state index in [1.165, 1.54) is 11.3 Å². The second kappa shape index (κ2) is 4.49. The van der Waals surface area contributed by atoms with E-state index in [0.717, 1.165) is 15.3 Å². The van der Waals surface area contributed by atoms with Crippen molar-refractivity contribution in [3.8, 4) is 0 Å². The smallest absolute Gasteiger partial charge is 0.263 e. The largest absolute Gasteiger partial charge is 0.337 e. The van der Waals surface area contributed by atoms with Crippen LogP contribution in [-0.4, -0.2) is 28.1 Å². The fraction of sp³-hybridized carbons (Fsp3) is 0.273. The van der Waals surface area contributed by atoms with Crippen LogP contribution in [0.3, 0.4) is 0 Å². The Morgan fingerprint density at radius 1 is 1.56 bits per heavy atom. The van der Waals surface area contributed by atoms with Gasteiger partial charge in [-0.2, -0.15) is 5.10 Å². The summed E-state index contributed by atoms with van der Waals surface area (Å²) in [6, 6.07) is 3.83. The molecule has 0 radical (unpaired) electrons. The zero-order chi connectivity index (χ0) is 11.5. The van der Waals surface area contributed by atoms with Crippen LogP contribution >= 0.6 is 11.3 Å². The van der Waals surface area contributed by atoms with Crippen molar-refractivity contribution in [2.75, 3.05) is 7.05 Å². The fourth-order valence-corrected chi connectivity index (χ4v) is 2.31. The molecule has 0 aliphatic rings. The number of aryl methyl sites for hydroxylation is 1. The molecule has 0 aliphatic carbocycles. The number of hydrogen-bond acceptors (Lipinski definition) is 3. The van der Waals surface area contributed by atoms with Crippen LogP contribution in [0.5, 0.6) is 0 Å². The molecule has 2 aromatic heterocycles. The SMILES string of the molecule is Cc1ccc(C(=O)N(C)Cc2cn[nH]c2)s1. The molecule has 0 aromatic carbocycles. The van der Waals surface area contributed by atoms with Gasteiger partial charge in [-0.1, -0.05) is 0 Å². The van der Waals surface area contributed by atoms with Gasteiger partial charge in [0.25, 0.3) is 5.91 Å². The first kappa shape index (κ1) is 10.9. The van der Waals surface area contributed by atoms with Crippen LogP contribution in [-0.2, 0) is 6.54 Å². The zero-order valence-electron chi connectivity index (χ0n) is 9.23. The first-order chi connectivity index (χ1) is 7.66. The molecule has 2 rings (SSSR count). The Bertz CT molecular complexity index is 475. The number of aromatic amines is 1. The molecular formula is C11H13N3OS. The lowest BCUT2D eigenvalue weighted by atomic mass is 10.3. The summed E-state index contributed by atoms with van der Waals surface area (Å²) in [4.78, 5) is 15.6. The molecule has 1 amide bonds. The molecule has 0 aliphatic heterocycles. The van der Waals surface area contributed by atoms with E-state index in [1.807, 2.05) is 19.1 Å². The number of carbonyl (C=O) groups is 1. The maximum atomic E-state index is 12.0. The predicted octanol–water partition coefficient (Wildman–Crippen LogP) is 2.05. The van der Waals surface area contributed by atoms with Crippen molar-refractivity contribution in [1.29, 1.82) is 0 Å². The third-order valence-corrected chi connectivity index (χ3v) is 3.26. The van der Waals surface area contributed by atoms with Gasteiger partial charge in [0, 0.05) is 30.2 Å². The van der Waals surface area contributed by atoms with Gasteiger partial charge in [0.05, 0.1) is 11.1 Å². The van der Waals surface area contributed by atoms with Crippen molar-refractivity contribution in [3.63, 3.8) is 0 Å². The molecular weight excluding hydrogens is 222 g/mol. The monoisotopic (exact) mass is 235 g/mol. The van der Waals surface area contributed by atoms with Gasteiger partial charge in [-0.3, -0.25) is 9.89 Å². The maximum absolute atomic E-state index is 12.0. The van der Waals surface area contributed by atoms with Crippen LogP contribution in [0.2, 0.25) is 0 Å². The van der Waals surface area contributed by atoms with Gasteiger partial charge in [-0.05, 0) is 19.1 Å². The fourth-order valence-electron chi connectivity index (χ4n) is 1.45. The Labute approximate surface area is 97.9 Å². The van der Waals surface area contributed by atoms with Gasteiger partial charge in [-0.15, -0.1) is 11.3 Å². The minimum atomic E-state index is 0.0549. The molecule has 0 saturated carbocycles. The van der Waals surface area contributed by atoms with Gasteiger partial charge in [0.1, 0.15) is 0 Å². The molecule has 0 atom stereocenters. The van der Waals surface area contributed by atoms with Crippen LogP contribution in [0.25, 0.3) is 0 Å². The van der Waals surface area contributed by atoms with Gasteiger partial charge < -0.3 is 4.90 Å². The maximum Gasteiger partial charge on any atom is 0.263 e. The van der Waals surface area contributed by atoms with E-state index < -0.39 is 0 Å². The molecule has 0 unspecified atom stereocenters. The Hall–Kier alpha value is -1.62. The number of hydrogen-bond donors (Lipinski definition) is 1. The minimum absolute atomic E-state index is 0.0549. The summed E-state index contributed by atoms with van der Waals surface area (Å²) in [6.07, 6.45) is 3.52. The quantitative estimate of drug-likeness (QED) is 0.885. The number of carbonyl (C=O) groups excluding carboxylic acids is 1. The van der Waals surface area contributed by atoms with Crippen LogP contribution < -0.4 is 0 Å². The van der Waals surface area contributed by atoms with Gasteiger partial charge in [-0.25, -0.2) is 0 Å². The van der Waals surface area contributed by atoms with Crippen molar-refractivity contribution in [3.05, 3.63) is 39.8 Å². The predicted molar refractivity (Wildman–Crippen MR) is 63.4 cm³/mol. The lowest BCUT2D eigenvalue weighted by Crippen LogP contribution is -2.25. The molecule has 0 bridgehead atoms. The van der Waals surface area contributed by atoms with Crippen molar-refractivity contribution in [1.82, 2.24) is 15.1 Å². The van der Waals surface area contributed by atoms with Crippen molar-refractivity contribution < 1.29 is 4.79 Å². The molecule has 1 N–H and O–H groups in total. The third-order valence-electron chi connectivity index (χ3n) is 2.27. The highest BCUT2D eigenvalue weighted by molar-refractivity contribution is 7.13. The Morgan fingerprint density at radius 2 is 2.38 bits per heavy atom. The highest BCUT2D eigenvalue weighted by Gasteiger charge is 2.13. The van der Waals surface area contributed by atoms with E-state index in [0.29, 0.717) is 6.54 Å². The Morgan fingerprint density at radius 3 is 2.94 bits per heavy atom. The average molecular weight is 235 g/mol. The standard InChI is InChI=1S/C11H13N3OS/c1-8-3-4-10(16-8)11(15)14(2)7-9-5-12-13-6-9/h3-6H,7H2,1-2H3,(H,12,13). The zero-order valence-corrected chi connectivity index (χ0v) is 10.0. The molecule has 0 saturated heterocycles. The van der Waals surface area contributed by atoms with E-state index in [1.54, 1.807) is 24.3 Å². The second-order valence-corrected chi connectivity index (χ2v) is 4.97. The summed E-state index contributed by atoms with van der Waals surface area (Å²) in [5.74, 6) is 0.0549. The number of H-pyrrole nitrogens is 1. The van der Waals surface area contributed by atoms with Crippen molar-refractivity contribution in [2.24, 2.45) is 0 Å². The number of nitrogens with one attached hydrogen (secondary N) is 1. The lowest BCUT2D eigenvalue weighted by molar-refractivity contribution is 0.0790. The van der Waals surface area contributed by atoms with E-state index >= 15 is 0 Å². The van der Waals surface area contributed by atoms with Gasteiger partial charge in [0.2, 0.25) is 0 Å². The number of thiophene rings is 1. The summed E-state index contributed by atoms with van der Waals surface area (Å²) in [5, 5.41) is 6.58. The first-order valence-corrected chi connectivity index (χ1v) is 5.78. The molecule has 0 spiro atoms. The summed E-state index contributed by atoms with van der Waals surface area (Å²) in [5.41, 5.74) is 1.00. The van der Waals surface area contributed by atoms with E-state index in [4.69, 9.17) is 0 Å². The molecule has 5 heteroatoms. The van der Waals surface area contributed by atoms with Crippen molar-refractivity contribution in [2.45, 2.75) is 13.5 Å². The van der Waals surface area contributed by atoms with Gasteiger partial charge in [0.15, 0.2) is 0 Å². The number of aromatic nitrogens is 2. The Balaban J connectivity index is 2.05. The summed E-state index contributed by atoms with van der Waals surface area (Å²) < 4.78 is 0. The second-order valence-electron chi connectivity index (χ2n) is 3.68. The minimum Gasteiger partial charge on any atom is -0.337 e. The highest BCUT2D eigenvalue weighted by atomic mass is 32.1. The lowest BCUT2D eigenvalue weighted by Gasteiger charge is -2.14. The average Bonchev–Trinajstić information content (AvgIpc) is 2.88. The molecule has 84 valence electrons. The molecule has 4 nitrogen and oxygen atoms in total. The first-order valence-electron chi connectivity index (χ1n) is 4.96. The van der Waals surface area contributed by atoms with Crippen LogP contribution in [0, 0.1) is 6.92 Å². The van der Waals surface area contributed by atoms with E-state index in [-0.39, 0.29) is 5.91 Å². The number of amides is 1. The van der Waals surface area contributed by atoms with E-state index in [9.17, 15) is 4.79 Å². The molecule has 2 aromatic rings. The summed E-state index contributed by atoms with van der Waals surface area (Å²) in [7, 11) is 1.80. The summed E-state index contributed by atoms with van der Waals surface area (Å²) >= 11 is 1.52. The highest BCUT2D eigenvalue weighted by Crippen LogP contribution is 2.17. The van der Waals surface area contributed by atoms with Crippen molar-refractivity contribution >= 4 is 17.2 Å². The molecule has 16 heavy (non-hydrogen) atoms. The van der Waals surface area contributed by atoms with Crippen LogP contribution in [0.4, 0.5) is 0 Å². The van der Waals surface area contributed by atoms with E-state index in [2.05, 4.69) is 10.2 Å².